The van der Waals surface area contributed by atoms with Crippen molar-refractivity contribution in [2.45, 2.75) is 14.0 Å². The van der Waals surface area contributed by atoms with Crippen LogP contribution in [0.4, 0.5) is 0 Å². The summed E-state index contributed by atoms with van der Waals surface area (Å²) in [7, 11) is 0. The summed E-state index contributed by atoms with van der Waals surface area (Å²) in [5.74, 6) is -2.62. The minimum absolute atomic E-state index is 0.585. The molecular weight excluding hydrogens is 345 g/mol. The van der Waals surface area contributed by atoms with Crippen molar-refractivity contribution >= 4 is 81.2 Å². The van der Waals surface area contributed by atoms with Crippen molar-refractivity contribution in [2.75, 3.05) is 0 Å². The molecule has 0 spiro atoms. The van der Waals surface area contributed by atoms with Gasteiger partial charge in [0.05, 0.1) is 6.42 Å². The second-order valence-electron chi connectivity index (χ2n) is 2.59. The van der Waals surface area contributed by atoms with E-state index in [0.717, 1.165) is 0 Å². The van der Waals surface area contributed by atoms with Gasteiger partial charge in [0, 0.05) is 6.08 Å². The summed E-state index contributed by atoms with van der Waals surface area (Å²) in [6.45, 7) is 0. The van der Waals surface area contributed by atoms with Crippen molar-refractivity contribution in [1.29, 1.82) is 0 Å². The first-order chi connectivity index (χ1) is 6.94. The van der Waals surface area contributed by atoms with E-state index in [1.165, 1.54) is 0 Å². The number of hydrogen-bond donors (Lipinski definition) is 1. The Morgan fingerprint density at radius 2 is 1.44 bits per heavy atom. The second-order valence-corrected chi connectivity index (χ2v) is 7.15. The number of carbonyl (C=O) groups excluding carboxylic acids is 2. The van der Waals surface area contributed by atoms with Crippen LogP contribution in [0.5, 0.6) is 0 Å². The first kappa shape index (κ1) is 16.6. The number of halogens is 6. The van der Waals surface area contributed by atoms with Crippen molar-refractivity contribution in [2.24, 2.45) is 0 Å². The summed E-state index contributed by atoms with van der Waals surface area (Å²) in [6.07, 6.45) is -0.136. The molecule has 0 rings (SSSR count). The van der Waals surface area contributed by atoms with E-state index in [-0.39, 0.29) is 0 Å². The van der Waals surface area contributed by atoms with Crippen molar-refractivity contribution in [3.05, 3.63) is 11.8 Å². The normalized spacial score (nSPS) is 13.8. The minimum atomic E-state index is -2.20. The summed E-state index contributed by atoms with van der Waals surface area (Å²) in [5.41, 5.74) is 0. The topological polar surface area (TPSA) is 54.4 Å². The lowest BCUT2D eigenvalue weighted by Gasteiger charge is -2.10. The third kappa shape index (κ3) is 6.38. The van der Waals surface area contributed by atoms with Gasteiger partial charge in [-0.15, -0.1) is 0 Å². The maximum atomic E-state index is 11.1. The number of hydrogen-bond acceptors (Lipinski definition) is 3. The Kier molecular flexibility index (Phi) is 6.22. The molecule has 1 N–H and O–H groups in total. The first-order valence-corrected chi connectivity index (χ1v) is 5.82. The molecule has 92 valence electrons. The SMILES string of the molecule is O=C(/C=C(\O)C(Cl)(Cl)Cl)CC(=O)C(Cl)(Cl)Cl. The van der Waals surface area contributed by atoms with Crippen molar-refractivity contribution < 1.29 is 14.7 Å². The predicted molar refractivity (Wildman–Crippen MR) is 65.9 cm³/mol. The van der Waals surface area contributed by atoms with Gasteiger partial charge in [-0.3, -0.25) is 9.59 Å². The zero-order chi connectivity index (χ0) is 13.1. The lowest BCUT2D eigenvalue weighted by Crippen LogP contribution is -2.22. The Morgan fingerprint density at radius 3 is 1.75 bits per heavy atom. The highest BCUT2D eigenvalue weighted by Gasteiger charge is 2.32. The third-order valence-corrected chi connectivity index (χ3v) is 2.45. The third-order valence-electron chi connectivity index (χ3n) is 1.24. The van der Waals surface area contributed by atoms with E-state index >= 15 is 0 Å². The van der Waals surface area contributed by atoms with Gasteiger partial charge >= 0.3 is 0 Å². The lowest BCUT2D eigenvalue weighted by atomic mass is 10.2. The van der Waals surface area contributed by atoms with Crippen LogP contribution in [-0.4, -0.2) is 24.3 Å². The first-order valence-electron chi connectivity index (χ1n) is 3.55. The molecule has 3 nitrogen and oxygen atoms in total. The Hall–Kier alpha value is 0.620. The fourth-order valence-electron chi connectivity index (χ4n) is 0.544. The molecule has 0 unspecified atom stereocenters. The number of rotatable bonds is 3. The van der Waals surface area contributed by atoms with E-state index in [9.17, 15) is 9.59 Å². The Balaban J connectivity index is 4.59. The molecule has 0 amide bonds. The van der Waals surface area contributed by atoms with Crippen LogP contribution in [0.15, 0.2) is 11.8 Å². The standard InChI is InChI=1S/C7H4Cl6O3/c8-6(9,10)4(15)1-3(14)2-5(16)7(11,12)13/h1,15H,2H2/b4-1-. The fraction of sp³-hybridized carbons (Fsp3) is 0.429. The average Bonchev–Trinajstić information content (AvgIpc) is 1.99. The van der Waals surface area contributed by atoms with Gasteiger partial charge in [0.2, 0.25) is 7.59 Å². The predicted octanol–water partition coefficient (Wildman–Crippen LogP) is 3.70. The maximum absolute atomic E-state index is 11.1. The largest absolute Gasteiger partial charge is 0.508 e. The summed E-state index contributed by atoms with van der Waals surface area (Å²) in [5, 5.41) is 9.11. The van der Waals surface area contributed by atoms with Gasteiger partial charge in [-0.05, 0) is 0 Å². The number of carbonyl (C=O) groups is 2. The van der Waals surface area contributed by atoms with Gasteiger partial charge in [0.15, 0.2) is 11.6 Å². The second kappa shape index (κ2) is 5.98. The van der Waals surface area contributed by atoms with E-state index in [1.54, 1.807) is 0 Å². The van der Waals surface area contributed by atoms with Crippen LogP contribution >= 0.6 is 69.6 Å². The molecule has 0 aliphatic carbocycles. The number of Topliss-reactive ketones (excluding diaryl/α,β-unsaturated/α-hetero) is 1. The van der Waals surface area contributed by atoms with E-state index in [1.807, 2.05) is 0 Å². The van der Waals surface area contributed by atoms with Crippen molar-refractivity contribution in [3.8, 4) is 0 Å². The van der Waals surface area contributed by atoms with Gasteiger partial charge in [0.1, 0.15) is 5.76 Å². The molecule has 0 saturated heterocycles. The number of allylic oxidation sites excluding steroid dienone is 2. The Morgan fingerprint density at radius 1 is 1.00 bits per heavy atom. The average molecular weight is 349 g/mol. The summed E-state index contributed by atoms with van der Waals surface area (Å²) >= 11 is 31.4. The van der Waals surface area contributed by atoms with Crippen LogP contribution in [0, 0.1) is 0 Å². The molecule has 9 heteroatoms. The number of ketones is 2. The minimum Gasteiger partial charge on any atom is -0.508 e. The molecule has 0 fully saturated rings. The highest BCUT2D eigenvalue weighted by Crippen LogP contribution is 2.33. The van der Waals surface area contributed by atoms with Crippen LogP contribution < -0.4 is 0 Å². The molecule has 16 heavy (non-hydrogen) atoms. The molecule has 0 radical (unpaired) electrons. The van der Waals surface area contributed by atoms with Crippen LogP contribution in [0.25, 0.3) is 0 Å². The van der Waals surface area contributed by atoms with Crippen LogP contribution in [0.2, 0.25) is 0 Å². The number of alkyl halides is 6. The maximum Gasteiger partial charge on any atom is 0.249 e. The highest BCUT2D eigenvalue weighted by atomic mass is 35.6. The fourth-order valence-corrected chi connectivity index (χ4v) is 0.908. The molecule has 0 bridgehead atoms. The molecule has 0 aliphatic heterocycles. The molecule has 0 aromatic rings. The smallest absolute Gasteiger partial charge is 0.249 e. The van der Waals surface area contributed by atoms with Crippen LogP contribution in [-0.2, 0) is 9.59 Å². The highest BCUT2D eigenvalue weighted by molar-refractivity contribution is 6.76. The Bertz CT molecular complexity index is 324. The van der Waals surface area contributed by atoms with E-state index in [4.69, 9.17) is 74.7 Å². The quantitative estimate of drug-likeness (QED) is 0.366. The van der Waals surface area contributed by atoms with Gasteiger partial charge in [-0.1, -0.05) is 69.6 Å². The molecule has 0 aromatic carbocycles. The van der Waals surface area contributed by atoms with Gasteiger partial charge in [0.25, 0.3) is 0 Å². The number of aliphatic hydroxyl groups excluding tert-OH is 1. The van der Waals surface area contributed by atoms with Crippen LogP contribution in [0.1, 0.15) is 6.42 Å². The number of aliphatic hydroxyl groups is 1. The lowest BCUT2D eigenvalue weighted by molar-refractivity contribution is -0.124. The van der Waals surface area contributed by atoms with Gasteiger partial charge in [-0.2, -0.15) is 0 Å². The zero-order valence-electron chi connectivity index (χ0n) is 7.32. The van der Waals surface area contributed by atoms with Gasteiger partial charge in [-0.25, -0.2) is 0 Å². The molecule has 0 saturated carbocycles. The summed E-state index contributed by atoms with van der Waals surface area (Å²) in [4.78, 5) is 22.2. The van der Waals surface area contributed by atoms with E-state index in [0.29, 0.717) is 6.08 Å². The molecular formula is C7H4Cl6O3. The van der Waals surface area contributed by atoms with Crippen molar-refractivity contribution in [1.82, 2.24) is 0 Å². The monoisotopic (exact) mass is 346 g/mol. The molecule has 0 atom stereocenters. The summed E-state index contributed by atoms with van der Waals surface area (Å²) < 4.78 is -4.34. The van der Waals surface area contributed by atoms with Gasteiger partial charge < -0.3 is 5.11 Å². The van der Waals surface area contributed by atoms with E-state index < -0.39 is 31.3 Å². The molecule has 0 aliphatic rings. The summed E-state index contributed by atoms with van der Waals surface area (Å²) in [6, 6.07) is 0. The van der Waals surface area contributed by atoms with E-state index in [2.05, 4.69) is 0 Å². The molecule has 0 aromatic heterocycles. The Labute approximate surface area is 121 Å². The zero-order valence-corrected chi connectivity index (χ0v) is 11.9. The van der Waals surface area contributed by atoms with Crippen molar-refractivity contribution in [3.63, 3.8) is 0 Å². The van der Waals surface area contributed by atoms with Crippen LogP contribution in [0.3, 0.4) is 0 Å². The molecule has 0 heterocycles.